The molecule has 1 saturated heterocycles. The molecule has 1 aliphatic rings. The third-order valence-electron chi connectivity index (χ3n) is 2.79. The van der Waals surface area contributed by atoms with E-state index in [4.69, 9.17) is 4.74 Å². The molecule has 2 rings (SSSR count). The van der Waals surface area contributed by atoms with Gasteiger partial charge in [-0.2, -0.15) is 0 Å². The van der Waals surface area contributed by atoms with Gasteiger partial charge in [-0.05, 0) is 24.3 Å². The highest BCUT2D eigenvalue weighted by Crippen LogP contribution is 2.11. The Balaban J connectivity index is 1.74. The Hall–Kier alpha value is -2.11. The zero-order chi connectivity index (χ0) is 13.7. The molecular weight excluding hydrogens is 251 g/mol. The van der Waals surface area contributed by atoms with E-state index < -0.39 is 0 Å². The fourth-order valence-corrected chi connectivity index (χ4v) is 1.80. The van der Waals surface area contributed by atoms with Crippen molar-refractivity contribution in [3.8, 4) is 5.75 Å². The van der Waals surface area contributed by atoms with Gasteiger partial charge in [0.25, 0.3) is 0 Å². The van der Waals surface area contributed by atoms with Crippen molar-refractivity contribution in [3.05, 3.63) is 30.1 Å². The zero-order valence-electron chi connectivity index (χ0n) is 10.4. The van der Waals surface area contributed by atoms with Crippen LogP contribution in [-0.4, -0.2) is 43.0 Å². The normalized spacial score (nSPS) is 15.0. The minimum absolute atomic E-state index is 0.107. The number of piperazine rings is 1. The van der Waals surface area contributed by atoms with Crippen LogP contribution in [0.5, 0.6) is 5.75 Å². The van der Waals surface area contributed by atoms with E-state index >= 15 is 0 Å². The topological polar surface area (TPSA) is 58.6 Å². The van der Waals surface area contributed by atoms with Crippen LogP contribution < -0.4 is 10.1 Å². The lowest BCUT2D eigenvalue weighted by Crippen LogP contribution is -2.50. The largest absolute Gasteiger partial charge is 0.493 e. The summed E-state index contributed by atoms with van der Waals surface area (Å²) in [4.78, 5) is 24.4. The standard InChI is InChI=1S/C13H15FN2O3/c14-10-1-3-11(4-2-10)19-8-5-13(18)16-7-6-15-12(17)9-16/h1-4H,5-9H2,(H,15,17). The Morgan fingerprint density at radius 3 is 2.79 bits per heavy atom. The Bertz CT molecular complexity index is 461. The molecular formula is C13H15FN2O3. The predicted molar refractivity (Wildman–Crippen MR) is 66.1 cm³/mol. The van der Waals surface area contributed by atoms with Gasteiger partial charge in [0.2, 0.25) is 11.8 Å². The van der Waals surface area contributed by atoms with Crippen molar-refractivity contribution in [2.75, 3.05) is 26.2 Å². The molecule has 0 spiro atoms. The number of hydrogen-bond acceptors (Lipinski definition) is 3. The van der Waals surface area contributed by atoms with Crippen LogP contribution in [0, 0.1) is 5.82 Å². The van der Waals surface area contributed by atoms with Crippen molar-refractivity contribution >= 4 is 11.8 Å². The molecule has 0 aromatic heterocycles. The highest BCUT2D eigenvalue weighted by Gasteiger charge is 2.20. The molecule has 0 bridgehead atoms. The van der Waals surface area contributed by atoms with Crippen molar-refractivity contribution in [1.29, 1.82) is 0 Å². The van der Waals surface area contributed by atoms with Crippen LogP contribution in [0.3, 0.4) is 0 Å². The van der Waals surface area contributed by atoms with Crippen molar-refractivity contribution in [1.82, 2.24) is 10.2 Å². The SMILES string of the molecule is O=C1CN(C(=O)CCOc2ccc(F)cc2)CCN1. The van der Waals surface area contributed by atoms with Gasteiger partial charge in [0, 0.05) is 13.1 Å². The molecule has 1 aromatic rings. The Labute approximate surface area is 110 Å². The van der Waals surface area contributed by atoms with Crippen LogP contribution in [0.1, 0.15) is 6.42 Å². The van der Waals surface area contributed by atoms with Crippen LogP contribution >= 0.6 is 0 Å². The molecule has 0 aliphatic carbocycles. The highest BCUT2D eigenvalue weighted by atomic mass is 19.1. The number of halogens is 1. The maximum atomic E-state index is 12.7. The summed E-state index contributed by atoms with van der Waals surface area (Å²) in [5.74, 6) is -0.0654. The fraction of sp³-hybridized carbons (Fsp3) is 0.385. The second-order valence-corrected chi connectivity index (χ2v) is 4.22. The number of nitrogens with zero attached hydrogens (tertiary/aromatic N) is 1. The van der Waals surface area contributed by atoms with Gasteiger partial charge in [-0.25, -0.2) is 4.39 Å². The van der Waals surface area contributed by atoms with Crippen molar-refractivity contribution in [2.24, 2.45) is 0 Å². The van der Waals surface area contributed by atoms with E-state index in [9.17, 15) is 14.0 Å². The molecule has 1 fully saturated rings. The van der Waals surface area contributed by atoms with Crippen molar-refractivity contribution in [2.45, 2.75) is 6.42 Å². The van der Waals surface area contributed by atoms with Gasteiger partial charge in [0.15, 0.2) is 0 Å². The van der Waals surface area contributed by atoms with E-state index in [1.54, 1.807) is 0 Å². The van der Waals surface area contributed by atoms with E-state index in [2.05, 4.69) is 5.32 Å². The summed E-state index contributed by atoms with van der Waals surface area (Å²) in [5, 5.41) is 2.65. The minimum Gasteiger partial charge on any atom is -0.493 e. The lowest BCUT2D eigenvalue weighted by molar-refractivity contribution is -0.138. The Morgan fingerprint density at radius 1 is 1.37 bits per heavy atom. The number of benzene rings is 1. The predicted octanol–water partition coefficient (Wildman–Crippen LogP) is 0.553. The van der Waals surface area contributed by atoms with Crippen LogP contribution in [0.4, 0.5) is 4.39 Å². The van der Waals surface area contributed by atoms with Crippen LogP contribution in [0.2, 0.25) is 0 Å². The minimum atomic E-state index is -0.331. The summed E-state index contributed by atoms with van der Waals surface area (Å²) in [6.07, 6.45) is 0.199. The van der Waals surface area contributed by atoms with E-state index in [0.29, 0.717) is 18.8 Å². The molecule has 2 amide bonds. The molecule has 0 atom stereocenters. The summed E-state index contributed by atoms with van der Waals surface area (Å²) in [6, 6.07) is 5.61. The van der Waals surface area contributed by atoms with Gasteiger partial charge >= 0.3 is 0 Å². The smallest absolute Gasteiger partial charge is 0.239 e. The number of nitrogens with one attached hydrogen (secondary N) is 1. The first-order chi connectivity index (χ1) is 9.15. The second-order valence-electron chi connectivity index (χ2n) is 4.22. The molecule has 5 nitrogen and oxygen atoms in total. The van der Waals surface area contributed by atoms with E-state index in [0.717, 1.165) is 0 Å². The summed E-state index contributed by atoms with van der Waals surface area (Å²) in [6.45, 7) is 1.34. The van der Waals surface area contributed by atoms with E-state index in [-0.39, 0.29) is 37.2 Å². The monoisotopic (exact) mass is 266 g/mol. The number of carbonyl (C=O) groups excluding carboxylic acids is 2. The average molecular weight is 266 g/mol. The lowest BCUT2D eigenvalue weighted by atomic mass is 10.3. The van der Waals surface area contributed by atoms with E-state index in [1.165, 1.54) is 29.2 Å². The van der Waals surface area contributed by atoms with Crippen LogP contribution in [-0.2, 0) is 9.59 Å². The number of amides is 2. The van der Waals surface area contributed by atoms with Gasteiger partial charge < -0.3 is 15.0 Å². The summed E-state index contributed by atoms with van der Waals surface area (Å²) >= 11 is 0. The molecule has 1 N–H and O–H groups in total. The number of rotatable bonds is 4. The second kappa shape index (κ2) is 6.17. The first-order valence-corrected chi connectivity index (χ1v) is 6.08. The van der Waals surface area contributed by atoms with Gasteiger partial charge in [0.05, 0.1) is 19.6 Å². The zero-order valence-corrected chi connectivity index (χ0v) is 10.4. The molecule has 0 radical (unpaired) electrons. The van der Waals surface area contributed by atoms with Gasteiger partial charge in [0.1, 0.15) is 11.6 Å². The highest BCUT2D eigenvalue weighted by molar-refractivity contribution is 5.85. The molecule has 1 aromatic carbocycles. The maximum Gasteiger partial charge on any atom is 0.239 e. The third-order valence-corrected chi connectivity index (χ3v) is 2.79. The molecule has 0 unspecified atom stereocenters. The quantitative estimate of drug-likeness (QED) is 0.866. The lowest BCUT2D eigenvalue weighted by Gasteiger charge is -2.26. The van der Waals surface area contributed by atoms with Crippen molar-refractivity contribution in [3.63, 3.8) is 0 Å². The third kappa shape index (κ3) is 3.94. The average Bonchev–Trinajstić information content (AvgIpc) is 2.41. The van der Waals surface area contributed by atoms with Crippen LogP contribution in [0.15, 0.2) is 24.3 Å². The molecule has 102 valence electrons. The molecule has 1 aliphatic heterocycles. The van der Waals surface area contributed by atoms with Gasteiger partial charge in [-0.1, -0.05) is 0 Å². The summed E-state index contributed by atoms with van der Waals surface area (Å²) < 4.78 is 18.0. The number of carbonyl (C=O) groups is 2. The van der Waals surface area contributed by atoms with Gasteiger partial charge in [-0.15, -0.1) is 0 Å². The van der Waals surface area contributed by atoms with Gasteiger partial charge in [-0.3, -0.25) is 9.59 Å². The first-order valence-electron chi connectivity index (χ1n) is 6.08. The first kappa shape index (κ1) is 13.3. The van der Waals surface area contributed by atoms with Crippen molar-refractivity contribution < 1.29 is 18.7 Å². The van der Waals surface area contributed by atoms with Crippen LogP contribution in [0.25, 0.3) is 0 Å². The molecule has 1 heterocycles. The molecule has 6 heteroatoms. The fourth-order valence-electron chi connectivity index (χ4n) is 1.80. The number of ether oxygens (including phenoxy) is 1. The molecule has 19 heavy (non-hydrogen) atoms. The number of hydrogen-bond donors (Lipinski definition) is 1. The Kier molecular flexibility index (Phi) is 4.33. The Morgan fingerprint density at radius 2 is 2.11 bits per heavy atom. The van der Waals surface area contributed by atoms with E-state index in [1.807, 2.05) is 0 Å². The molecule has 0 saturated carbocycles. The maximum absolute atomic E-state index is 12.7. The summed E-state index contributed by atoms with van der Waals surface area (Å²) in [5.41, 5.74) is 0. The summed E-state index contributed by atoms with van der Waals surface area (Å²) in [7, 11) is 0.